The van der Waals surface area contributed by atoms with Crippen LogP contribution in [0.25, 0.3) is 0 Å². The summed E-state index contributed by atoms with van der Waals surface area (Å²) in [6.45, 7) is 2.43. The maximum atomic E-state index is 12.5. The summed E-state index contributed by atoms with van der Waals surface area (Å²) in [5.41, 5.74) is 4.18. The van der Waals surface area contributed by atoms with Gasteiger partial charge in [-0.2, -0.15) is 5.26 Å². The number of carbonyl (C=O) groups excluding carboxylic acids is 2. The molecular weight excluding hydrogens is 388 g/mol. The third-order valence-corrected chi connectivity index (χ3v) is 5.60. The Morgan fingerprint density at radius 1 is 1.34 bits per heavy atom. The van der Waals surface area contributed by atoms with E-state index >= 15 is 0 Å². The van der Waals surface area contributed by atoms with Gasteiger partial charge < -0.3 is 26.4 Å². The largest absolute Gasteiger partial charge is 0.465 e. The number of carboxylic acid groups (broad SMARTS) is 1. The summed E-state index contributed by atoms with van der Waals surface area (Å²) < 4.78 is 25.1. The van der Waals surface area contributed by atoms with E-state index in [9.17, 15) is 23.2 Å². The van der Waals surface area contributed by atoms with Crippen LogP contribution in [-0.2, 0) is 9.59 Å². The molecule has 0 aromatic rings. The van der Waals surface area contributed by atoms with Crippen LogP contribution in [0.5, 0.6) is 0 Å². The Morgan fingerprint density at radius 3 is 2.31 bits per heavy atom. The average Bonchev–Trinajstić information content (AvgIpc) is 3.32. The second-order valence-corrected chi connectivity index (χ2v) is 8.12. The fourth-order valence-corrected chi connectivity index (χ4v) is 3.52. The smallest absolute Gasteiger partial charge is 0.407 e. The Morgan fingerprint density at radius 2 is 1.93 bits per heavy atom. The highest BCUT2D eigenvalue weighted by molar-refractivity contribution is 5.85. The van der Waals surface area contributed by atoms with Gasteiger partial charge in [-0.3, -0.25) is 9.59 Å². The number of amides is 3. The van der Waals surface area contributed by atoms with E-state index in [1.807, 2.05) is 6.07 Å². The quantitative estimate of drug-likeness (QED) is 0.534. The van der Waals surface area contributed by atoms with Crippen molar-refractivity contribution >= 4 is 17.9 Å². The molecule has 29 heavy (non-hydrogen) atoms. The number of nitrogens with two attached hydrogens (primary N) is 1. The lowest BCUT2D eigenvalue weighted by atomic mass is 9.77. The molecule has 2 aliphatic heterocycles. The molecule has 3 rings (SSSR count). The first-order chi connectivity index (χ1) is 13.4. The van der Waals surface area contributed by atoms with Gasteiger partial charge >= 0.3 is 6.09 Å². The molecule has 3 amide bonds. The average molecular weight is 415 g/mol. The van der Waals surface area contributed by atoms with Gasteiger partial charge in [0.15, 0.2) is 0 Å². The van der Waals surface area contributed by atoms with Crippen molar-refractivity contribution in [2.24, 2.45) is 11.1 Å². The first-order valence-electron chi connectivity index (χ1n) is 9.55. The summed E-state index contributed by atoms with van der Waals surface area (Å²) in [6.07, 6.45) is 1.74. The molecular formula is C18H27F2N5O4. The van der Waals surface area contributed by atoms with E-state index in [-0.39, 0.29) is 11.3 Å². The lowest BCUT2D eigenvalue weighted by Crippen LogP contribution is -2.48. The highest BCUT2D eigenvalue weighted by Crippen LogP contribution is 2.38. The van der Waals surface area contributed by atoms with Crippen LogP contribution >= 0.6 is 0 Å². The summed E-state index contributed by atoms with van der Waals surface area (Å²) in [7, 11) is 0. The molecule has 1 saturated carbocycles. The van der Waals surface area contributed by atoms with Crippen molar-refractivity contribution in [1.29, 1.82) is 5.26 Å². The summed E-state index contributed by atoms with van der Waals surface area (Å²) in [4.78, 5) is 34.9. The zero-order valence-corrected chi connectivity index (χ0v) is 16.3. The Bertz CT molecular complexity index is 691. The molecule has 3 fully saturated rings. The van der Waals surface area contributed by atoms with Crippen molar-refractivity contribution in [2.75, 3.05) is 19.6 Å². The van der Waals surface area contributed by atoms with E-state index in [0.717, 1.165) is 13.0 Å². The molecule has 0 bridgehead atoms. The molecule has 3 aliphatic rings. The fourth-order valence-electron chi connectivity index (χ4n) is 3.52. The second kappa shape index (κ2) is 8.49. The van der Waals surface area contributed by atoms with Gasteiger partial charge in [0.05, 0.1) is 17.5 Å². The summed E-state index contributed by atoms with van der Waals surface area (Å²) in [5.74, 6) is -3.54. The third-order valence-electron chi connectivity index (χ3n) is 5.60. The number of carbonyl (C=O) groups is 3. The summed E-state index contributed by atoms with van der Waals surface area (Å²) in [6, 6.07) is 0.658. The molecule has 0 aromatic heterocycles. The van der Waals surface area contributed by atoms with Gasteiger partial charge in [0.25, 0.3) is 0 Å². The fraction of sp³-hybridized carbons (Fsp3) is 0.778. The number of nitrogens with one attached hydrogen (secondary N) is 2. The number of alkyl halides is 2. The van der Waals surface area contributed by atoms with Gasteiger partial charge in [-0.05, 0) is 39.0 Å². The van der Waals surface area contributed by atoms with Gasteiger partial charge in [0.1, 0.15) is 5.54 Å². The maximum Gasteiger partial charge on any atom is 0.407 e. The van der Waals surface area contributed by atoms with Crippen LogP contribution < -0.4 is 16.4 Å². The summed E-state index contributed by atoms with van der Waals surface area (Å²) in [5, 5.41) is 22.6. The number of rotatable bonds is 4. The van der Waals surface area contributed by atoms with Crippen LogP contribution in [0.1, 0.15) is 45.4 Å². The minimum absolute atomic E-state index is 0.113. The predicted octanol–water partition coefficient (Wildman–Crippen LogP) is 0.798. The molecule has 9 nitrogen and oxygen atoms in total. The van der Waals surface area contributed by atoms with Crippen molar-refractivity contribution in [3.63, 3.8) is 0 Å². The first-order valence-corrected chi connectivity index (χ1v) is 9.55. The van der Waals surface area contributed by atoms with E-state index in [2.05, 4.69) is 10.6 Å². The van der Waals surface area contributed by atoms with Crippen LogP contribution in [0.4, 0.5) is 13.6 Å². The van der Waals surface area contributed by atoms with E-state index in [0.29, 0.717) is 45.7 Å². The van der Waals surface area contributed by atoms with Gasteiger partial charge in [0.2, 0.25) is 17.7 Å². The number of halogens is 2. The van der Waals surface area contributed by atoms with Gasteiger partial charge in [-0.15, -0.1) is 0 Å². The topological polar surface area (TPSA) is 149 Å². The Hall–Kier alpha value is -2.48. The summed E-state index contributed by atoms with van der Waals surface area (Å²) >= 11 is 0. The molecule has 0 radical (unpaired) electrons. The minimum Gasteiger partial charge on any atom is -0.465 e. The number of nitrogens with zero attached hydrogens (tertiary/aromatic N) is 2. The molecule has 1 spiro atoms. The van der Waals surface area contributed by atoms with E-state index in [1.165, 1.54) is 4.90 Å². The van der Waals surface area contributed by atoms with Gasteiger partial charge in [0, 0.05) is 26.1 Å². The standard InChI is InChI=1S/C9H13F2N3O.C9H14N2O3/c1-8(10,11)4-6(13)7(15)14-9(5-12)2-3-9;12-7-9(1-4-10-7)2-5-11(6-3-9)8(13)14/h6H,2-4,13H2,1H3,(H,14,15);1-6H2,(H,10,12)(H,13,14)/t6-;/m0./s1. The Kier molecular flexibility index (Phi) is 6.67. The lowest BCUT2D eigenvalue weighted by Gasteiger charge is -2.35. The molecule has 1 atom stereocenters. The molecule has 2 heterocycles. The highest BCUT2D eigenvalue weighted by atomic mass is 19.3. The first kappa shape index (κ1) is 22.8. The van der Waals surface area contributed by atoms with Crippen LogP contribution in [0.2, 0.25) is 0 Å². The zero-order chi connectivity index (χ0) is 21.9. The molecule has 0 unspecified atom stereocenters. The van der Waals surface area contributed by atoms with Crippen molar-refractivity contribution in [2.45, 2.75) is 63.0 Å². The van der Waals surface area contributed by atoms with Crippen molar-refractivity contribution in [3.05, 3.63) is 0 Å². The number of likely N-dealkylation sites (tertiary alicyclic amines) is 1. The van der Waals surface area contributed by atoms with Crippen molar-refractivity contribution < 1.29 is 28.3 Å². The SMILES string of the molecule is CC(F)(F)C[C@H](N)C(=O)NC1(C#N)CC1.O=C(O)N1CCC2(CCNC2=O)CC1. The van der Waals surface area contributed by atoms with Gasteiger partial charge in [-0.25, -0.2) is 13.6 Å². The number of hydrogen-bond donors (Lipinski definition) is 4. The number of piperidine rings is 1. The maximum absolute atomic E-state index is 12.5. The predicted molar refractivity (Wildman–Crippen MR) is 97.8 cm³/mol. The number of nitriles is 1. The lowest BCUT2D eigenvalue weighted by molar-refractivity contribution is -0.129. The molecule has 1 aliphatic carbocycles. The Labute approximate surface area is 167 Å². The second-order valence-electron chi connectivity index (χ2n) is 8.12. The molecule has 11 heteroatoms. The van der Waals surface area contributed by atoms with Crippen LogP contribution in [-0.4, -0.2) is 65.1 Å². The van der Waals surface area contributed by atoms with Crippen LogP contribution in [0.3, 0.4) is 0 Å². The molecule has 2 saturated heterocycles. The monoisotopic (exact) mass is 415 g/mol. The van der Waals surface area contributed by atoms with Crippen molar-refractivity contribution in [1.82, 2.24) is 15.5 Å². The zero-order valence-electron chi connectivity index (χ0n) is 16.3. The highest BCUT2D eigenvalue weighted by Gasteiger charge is 2.46. The Balaban J connectivity index is 0.000000207. The van der Waals surface area contributed by atoms with E-state index in [1.54, 1.807) is 0 Å². The van der Waals surface area contributed by atoms with E-state index < -0.39 is 35.9 Å². The van der Waals surface area contributed by atoms with Gasteiger partial charge in [-0.1, -0.05) is 0 Å². The number of hydrogen-bond acceptors (Lipinski definition) is 5. The molecule has 5 N–H and O–H groups in total. The van der Waals surface area contributed by atoms with Crippen LogP contribution in [0.15, 0.2) is 0 Å². The van der Waals surface area contributed by atoms with Crippen molar-refractivity contribution in [3.8, 4) is 6.07 Å². The minimum atomic E-state index is -2.97. The third kappa shape index (κ3) is 6.00. The normalized spacial score (nSPS) is 22.6. The molecule has 0 aromatic carbocycles. The van der Waals surface area contributed by atoms with E-state index in [4.69, 9.17) is 16.1 Å². The van der Waals surface area contributed by atoms with Crippen LogP contribution in [0, 0.1) is 16.7 Å². The molecule has 162 valence electrons.